The van der Waals surface area contributed by atoms with Gasteiger partial charge in [-0.05, 0) is 22.6 Å². The molecule has 3 rings (SSSR count). The molecule has 1 aromatic carbocycles. The Labute approximate surface area is 139 Å². The summed E-state index contributed by atoms with van der Waals surface area (Å²) in [5, 5.41) is 10.5. The van der Waals surface area contributed by atoms with Gasteiger partial charge in [-0.3, -0.25) is 0 Å². The van der Waals surface area contributed by atoms with E-state index in [4.69, 9.17) is 11.6 Å². The average molecular weight is 327 g/mol. The highest BCUT2D eigenvalue weighted by Gasteiger charge is 2.15. The molecule has 0 unspecified atom stereocenters. The lowest BCUT2D eigenvalue weighted by atomic mass is 9.86. The number of rotatable bonds is 1. The minimum atomic E-state index is 0.139. The van der Waals surface area contributed by atoms with Crippen LogP contribution in [0.2, 0.25) is 5.15 Å². The first-order valence-electron chi connectivity index (χ1n) is 6.99. The van der Waals surface area contributed by atoms with Gasteiger partial charge >= 0.3 is 0 Å². The number of pyridine rings is 1. The third-order valence-electron chi connectivity index (χ3n) is 3.66. The molecule has 22 heavy (non-hydrogen) atoms. The van der Waals surface area contributed by atoms with Gasteiger partial charge in [0.15, 0.2) is 0 Å². The van der Waals surface area contributed by atoms with Crippen LogP contribution in [-0.4, -0.2) is 4.98 Å². The summed E-state index contributed by atoms with van der Waals surface area (Å²) in [7, 11) is 0. The minimum absolute atomic E-state index is 0.139. The molecule has 2 nitrogen and oxygen atoms in total. The summed E-state index contributed by atoms with van der Waals surface area (Å²) in [6, 6.07) is 12.8. The zero-order valence-corrected chi connectivity index (χ0v) is 14.2. The van der Waals surface area contributed by atoms with Crippen LogP contribution >= 0.6 is 22.9 Å². The molecule has 0 spiro atoms. The molecule has 3 aromatic rings. The van der Waals surface area contributed by atoms with Crippen LogP contribution in [0.4, 0.5) is 0 Å². The number of aromatic nitrogens is 1. The second-order valence-electron chi connectivity index (χ2n) is 6.26. The monoisotopic (exact) mass is 326 g/mol. The van der Waals surface area contributed by atoms with Crippen LogP contribution in [0.15, 0.2) is 36.5 Å². The zero-order chi connectivity index (χ0) is 15.9. The van der Waals surface area contributed by atoms with Gasteiger partial charge in [-0.1, -0.05) is 56.6 Å². The van der Waals surface area contributed by atoms with Gasteiger partial charge in [-0.15, -0.1) is 11.3 Å². The molecule has 2 aromatic heterocycles. The molecule has 0 fully saturated rings. The first-order valence-corrected chi connectivity index (χ1v) is 8.18. The Balaban J connectivity index is 2.11. The highest BCUT2D eigenvalue weighted by Crippen LogP contribution is 2.38. The lowest BCUT2D eigenvalue weighted by molar-refractivity contribution is 0.590. The smallest absolute Gasteiger partial charge is 0.137 e. The quantitative estimate of drug-likeness (QED) is 0.531. The topological polar surface area (TPSA) is 36.7 Å². The lowest BCUT2D eigenvalue weighted by Crippen LogP contribution is -2.10. The van der Waals surface area contributed by atoms with Crippen LogP contribution < -0.4 is 0 Å². The maximum absolute atomic E-state index is 9.21. The van der Waals surface area contributed by atoms with Gasteiger partial charge in [-0.25, -0.2) is 4.98 Å². The molecular weight excluding hydrogens is 312 g/mol. The fraction of sp³-hybridized carbons (Fsp3) is 0.222. The second kappa shape index (κ2) is 5.39. The summed E-state index contributed by atoms with van der Waals surface area (Å²) >= 11 is 7.74. The van der Waals surface area contributed by atoms with Crippen LogP contribution in [0.1, 0.15) is 31.9 Å². The number of benzene rings is 1. The fourth-order valence-corrected chi connectivity index (χ4v) is 3.73. The Hall–Kier alpha value is -1.89. The Bertz CT molecular complexity index is 880. The number of hydrogen-bond donors (Lipinski definition) is 0. The first kappa shape index (κ1) is 15.0. The number of nitrogens with zero attached hydrogens (tertiary/aromatic N) is 2. The molecule has 0 radical (unpaired) electrons. The van der Waals surface area contributed by atoms with E-state index in [1.807, 2.05) is 6.07 Å². The van der Waals surface area contributed by atoms with Gasteiger partial charge in [0, 0.05) is 16.5 Å². The predicted octanol–water partition coefficient (Wildman–Crippen LogP) is 5.79. The maximum atomic E-state index is 9.21. The summed E-state index contributed by atoms with van der Waals surface area (Å²) < 4.78 is 0.900. The largest absolute Gasteiger partial charge is 0.242 e. The highest BCUT2D eigenvalue weighted by atomic mass is 35.5. The molecule has 110 valence electrons. The van der Waals surface area contributed by atoms with Crippen LogP contribution in [-0.2, 0) is 5.41 Å². The number of thiophene rings is 1. The number of fused-ring (bicyclic) bond motifs is 1. The van der Waals surface area contributed by atoms with Crippen LogP contribution in [0.3, 0.4) is 0 Å². The van der Waals surface area contributed by atoms with Gasteiger partial charge in [-0.2, -0.15) is 5.26 Å². The van der Waals surface area contributed by atoms with Gasteiger partial charge in [0.1, 0.15) is 11.2 Å². The van der Waals surface area contributed by atoms with E-state index >= 15 is 0 Å². The van der Waals surface area contributed by atoms with Gasteiger partial charge in [0.2, 0.25) is 0 Å². The zero-order valence-electron chi connectivity index (χ0n) is 12.6. The number of hydrogen-bond acceptors (Lipinski definition) is 3. The molecule has 0 amide bonds. The summed E-state index contributed by atoms with van der Waals surface area (Å²) in [5.74, 6) is 0. The summed E-state index contributed by atoms with van der Waals surface area (Å²) in [5.41, 5.74) is 3.14. The van der Waals surface area contributed by atoms with Crippen molar-refractivity contribution in [2.24, 2.45) is 0 Å². The Morgan fingerprint density at radius 2 is 1.86 bits per heavy atom. The molecule has 0 saturated carbocycles. The van der Waals surface area contributed by atoms with Gasteiger partial charge < -0.3 is 0 Å². The van der Waals surface area contributed by atoms with Crippen LogP contribution in [0.25, 0.3) is 20.5 Å². The van der Waals surface area contributed by atoms with E-state index in [2.05, 4.69) is 56.1 Å². The second-order valence-corrected chi connectivity index (χ2v) is 7.67. The van der Waals surface area contributed by atoms with E-state index < -0.39 is 0 Å². The molecule has 0 atom stereocenters. The van der Waals surface area contributed by atoms with Crippen LogP contribution in [0, 0.1) is 11.3 Å². The van der Waals surface area contributed by atoms with Crippen molar-refractivity contribution in [1.29, 1.82) is 5.26 Å². The highest BCUT2D eigenvalue weighted by molar-refractivity contribution is 7.22. The Kier molecular flexibility index (Phi) is 3.68. The van der Waals surface area contributed by atoms with Crippen molar-refractivity contribution in [2.45, 2.75) is 26.2 Å². The van der Waals surface area contributed by atoms with E-state index in [1.54, 1.807) is 11.3 Å². The maximum Gasteiger partial charge on any atom is 0.137 e. The summed E-state index contributed by atoms with van der Waals surface area (Å²) in [6.07, 6.45) is 1.54. The average Bonchev–Trinajstić information content (AvgIpc) is 2.93. The predicted molar refractivity (Wildman–Crippen MR) is 93.5 cm³/mol. The Morgan fingerprint density at radius 3 is 2.45 bits per heavy atom. The van der Waals surface area contributed by atoms with Crippen molar-refractivity contribution in [3.63, 3.8) is 0 Å². The van der Waals surface area contributed by atoms with E-state index in [1.165, 1.54) is 11.8 Å². The van der Waals surface area contributed by atoms with E-state index in [-0.39, 0.29) is 5.41 Å². The van der Waals surface area contributed by atoms with Crippen molar-refractivity contribution in [2.75, 3.05) is 0 Å². The number of halogens is 1. The SMILES string of the molecule is CC(C)(C)c1ccc(-c2cc3c(Cl)ncc(C#N)c3s2)cc1. The van der Waals surface area contributed by atoms with Crippen molar-refractivity contribution in [1.82, 2.24) is 4.98 Å². The molecular formula is C18H15ClN2S. The molecule has 4 heteroatoms. The van der Waals surface area contributed by atoms with Crippen LogP contribution in [0.5, 0.6) is 0 Å². The normalized spacial score (nSPS) is 11.6. The molecule has 0 saturated heterocycles. The minimum Gasteiger partial charge on any atom is -0.242 e. The number of nitriles is 1. The standard InChI is InChI=1S/C18H15ClN2S/c1-18(2,3)13-6-4-11(5-7-13)15-8-14-16(22-15)12(9-20)10-21-17(14)19/h4-8,10H,1-3H3. The summed E-state index contributed by atoms with van der Waals surface area (Å²) in [6.45, 7) is 6.60. The Morgan fingerprint density at radius 1 is 1.18 bits per heavy atom. The molecule has 0 N–H and O–H groups in total. The van der Waals surface area contributed by atoms with E-state index in [9.17, 15) is 5.26 Å². The first-order chi connectivity index (χ1) is 10.4. The molecule has 0 bridgehead atoms. The molecule has 0 aliphatic heterocycles. The molecule has 0 aliphatic rings. The fourth-order valence-electron chi connectivity index (χ4n) is 2.35. The van der Waals surface area contributed by atoms with Crippen molar-refractivity contribution < 1.29 is 0 Å². The lowest BCUT2D eigenvalue weighted by Gasteiger charge is -2.18. The van der Waals surface area contributed by atoms with Gasteiger partial charge in [0.05, 0.1) is 10.3 Å². The third-order valence-corrected chi connectivity index (χ3v) is 5.18. The van der Waals surface area contributed by atoms with Crippen molar-refractivity contribution in [3.8, 4) is 16.5 Å². The summed E-state index contributed by atoms with van der Waals surface area (Å²) in [4.78, 5) is 5.18. The molecule has 2 heterocycles. The molecule has 0 aliphatic carbocycles. The van der Waals surface area contributed by atoms with Crippen molar-refractivity contribution in [3.05, 3.63) is 52.8 Å². The van der Waals surface area contributed by atoms with E-state index in [0.717, 1.165) is 20.5 Å². The van der Waals surface area contributed by atoms with Crippen molar-refractivity contribution >= 4 is 33.0 Å². The third kappa shape index (κ3) is 2.61. The van der Waals surface area contributed by atoms with Gasteiger partial charge in [0.25, 0.3) is 0 Å². The van der Waals surface area contributed by atoms with E-state index in [0.29, 0.717) is 10.7 Å².